The topological polar surface area (TPSA) is 59.3 Å². The third-order valence-electron chi connectivity index (χ3n) is 1.42. The smallest absolute Gasteiger partial charge is 0.337 e. The van der Waals surface area contributed by atoms with Crippen molar-refractivity contribution < 1.29 is 14.3 Å². The van der Waals surface area contributed by atoms with Crippen LogP contribution in [0.4, 0.5) is 0 Å². The highest BCUT2D eigenvalue weighted by molar-refractivity contribution is 5.82. The van der Waals surface area contributed by atoms with Crippen molar-refractivity contribution in [2.75, 3.05) is 6.61 Å². The number of allylic oxidation sites excluding steroid dienone is 2. The second-order valence-electron chi connectivity index (χ2n) is 2.60. The van der Waals surface area contributed by atoms with E-state index in [2.05, 4.69) is 19.7 Å². The Balaban J connectivity index is 4.93. The van der Waals surface area contributed by atoms with E-state index in [1.807, 2.05) is 6.07 Å². The molecule has 0 rings (SSSR count). The Morgan fingerprint density at radius 3 is 2.44 bits per heavy atom. The van der Waals surface area contributed by atoms with Crippen LogP contribution in [0.1, 0.15) is 6.42 Å². The molecule has 0 saturated carbocycles. The van der Waals surface area contributed by atoms with Gasteiger partial charge in [-0.15, -0.1) is 6.58 Å². The van der Waals surface area contributed by atoms with Crippen LogP contribution in [0.5, 0.6) is 0 Å². The van der Waals surface area contributed by atoms with E-state index in [9.17, 15) is 4.79 Å². The quantitative estimate of drug-likeness (QED) is 0.216. The molecule has 0 fully saturated rings. The lowest BCUT2D eigenvalue weighted by atomic mass is 10.2. The molecule has 0 bridgehead atoms. The zero-order valence-electron chi connectivity index (χ0n) is 8.94. The maximum atomic E-state index is 11.0. The van der Waals surface area contributed by atoms with Crippen LogP contribution in [-0.4, -0.2) is 12.6 Å². The lowest BCUT2D eigenvalue weighted by Gasteiger charge is -2.09. The molecule has 4 heteroatoms. The molecule has 16 heavy (non-hydrogen) atoms. The van der Waals surface area contributed by atoms with Crippen LogP contribution in [0.25, 0.3) is 0 Å². The fourth-order valence-corrected chi connectivity index (χ4v) is 0.765. The molecule has 0 aliphatic rings. The van der Waals surface area contributed by atoms with E-state index in [1.165, 1.54) is 12.2 Å². The molecule has 0 unspecified atom stereocenters. The van der Waals surface area contributed by atoms with Gasteiger partial charge in [0.1, 0.15) is 18.2 Å². The van der Waals surface area contributed by atoms with Gasteiger partial charge in [0.25, 0.3) is 0 Å². The summed E-state index contributed by atoms with van der Waals surface area (Å²) < 4.78 is 9.86. The van der Waals surface area contributed by atoms with E-state index in [0.29, 0.717) is 0 Å². The van der Waals surface area contributed by atoms with Crippen molar-refractivity contribution in [1.82, 2.24) is 0 Å². The normalized spacial score (nSPS) is 10.4. The van der Waals surface area contributed by atoms with Gasteiger partial charge in [0.05, 0.1) is 0 Å². The Hall–Kier alpha value is -2.28. The van der Waals surface area contributed by atoms with Crippen LogP contribution >= 0.6 is 0 Å². The van der Waals surface area contributed by atoms with Crippen molar-refractivity contribution in [2.24, 2.45) is 0 Å². The van der Waals surface area contributed by atoms with Crippen molar-refractivity contribution in [3.8, 4) is 6.07 Å². The second-order valence-corrected chi connectivity index (χ2v) is 2.60. The molecule has 0 N–H and O–H groups in total. The van der Waals surface area contributed by atoms with E-state index < -0.39 is 5.97 Å². The molecule has 84 valence electrons. The SMILES string of the molecule is C=CCOC(OC(=O)C=C)=C(C#N)CC=C. The molecular weight excluding hydrogens is 206 g/mol. The van der Waals surface area contributed by atoms with Crippen molar-refractivity contribution in [2.45, 2.75) is 6.42 Å². The van der Waals surface area contributed by atoms with Crippen LogP contribution in [0, 0.1) is 11.3 Å². The highest BCUT2D eigenvalue weighted by atomic mass is 16.7. The van der Waals surface area contributed by atoms with E-state index in [4.69, 9.17) is 14.7 Å². The molecule has 0 aromatic heterocycles. The number of esters is 1. The summed E-state index contributed by atoms with van der Waals surface area (Å²) in [4.78, 5) is 11.0. The highest BCUT2D eigenvalue weighted by Crippen LogP contribution is 2.12. The number of rotatable bonds is 7. The van der Waals surface area contributed by atoms with Gasteiger partial charge >= 0.3 is 11.9 Å². The summed E-state index contributed by atoms with van der Waals surface area (Å²) in [6.07, 6.45) is 4.23. The third-order valence-corrected chi connectivity index (χ3v) is 1.42. The summed E-state index contributed by atoms with van der Waals surface area (Å²) in [6.45, 7) is 10.3. The first-order valence-corrected chi connectivity index (χ1v) is 4.51. The van der Waals surface area contributed by atoms with Crippen molar-refractivity contribution in [1.29, 1.82) is 5.26 Å². The summed E-state index contributed by atoms with van der Waals surface area (Å²) in [5.41, 5.74) is 0.187. The van der Waals surface area contributed by atoms with Gasteiger partial charge in [-0.1, -0.05) is 25.3 Å². The van der Waals surface area contributed by atoms with Crippen molar-refractivity contribution >= 4 is 5.97 Å². The number of carbonyl (C=O) groups is 1. The van der Waals surface area contributed by atoms with Crippen molar-refractivity contribution in [3.05, 3.63) is 49.5 Å². The second kappa shape index (κ2) is 8.06. The average Bonchev–Trinajstić information content (AvgIpc) is 2.31. The Morgan fingerprint density at radius 2 is 2.00 bits per heavy atom. The Labute approximate surface area is 94.8 Å². The Kier molecular flexibility index (Phi) is 6.91. The van der Waals surface area contributed by atoms with Crippen LogP contribution in [-0.2, 0) is 14.3 Å². The largest absolute Gasteiger partial charge is 0.460 e. The van der Waals surface area contributed by atoms with Gasteiger partial charge in [-0.3, -0.25) is 0 Å². The van der Waals surface area contributed by atoms with Crippen molar-refractivity contribution in [3.63, 3.8) is 0 Å². The lowest BCUT2D eigenvalue weighted by Crippen LogP contribution is -2.06. The third kappa shape index (κ3) is 4.82. The number of hydrogen-bond donors (Lipinski definition) is 0. The maximum absolute atomic E-state index is 11.0. The van der Waals surface area contributed by atoms with Crippen LogP contribution < -0.4 is 0 Å². The summed E-state index contributed by atoms with van der Waals surface area (Å²) in [5.74, 6) is -0.817. The molecule has 0 aromatic carbocycles. The van der Waals surface area contributed by atoms with Crippen LogP contribution in [0.15, 0.2) is 49.5 Å². The summed E-state index contributed by atoms with van der Waals surface area (Å²) in [6, 6.07) is 1.88. The van der Waals surface area contributed by atoms with Gasteiger partial charge in [-0.25, -0.2) is 4.79 Å². The maximum Gasteiger partial charge on any atom is 0.337 e. The monoisotopic (exact) mass is 219 g/mol. The first-order chi connectivity index (χ1) is 7.69. The molecule has 0 saturated heterocycles. The predicted molar refractivity (Wildman–Crippen MR) is 59.9 cm³/mol. The fourth-order valence-electron chi connectivity index (χ4n) is 0.765. The number of carbonyl (C=O) groups excluding carboxylic acids is 1. The minimum Gasteiger partial charge on any atom is -0.460 e. The summed E-state index contributed by atoms with van der Waals surface area (Å²) in [7, 11) is 0. The molecular formula is C12H13NO3. The minimum atomic E-state index is -0.684. The average molecular weight is 219 g/mol. The Morgan fingerprint density at radius 1 is 1.31 bits per heavy atom. The molecule has 0 aromatic rings. The molecule has 0 spiro atoms. The zero-order valence-corrected chi connectivity index (χ0v) is 8.94. The van der Waals surface area contributed by atoms with Gasteiger partial charge in [0.2, 0.25) is 0 Å². The van der Waals surface area contributed by atoms with E-state index in [1.54, 1.807) is 0 Å². The molecule has 0 radical (unpaired) electrons. The first kappa shape index (κ1) is 13.7. The van der Waals surface area contributed by atoms with Gasteiger partial charge in [0.15, 0.2) is 0 Å². The van der Waals surface area contributed by atoms with Gasteiger partial charge in [0, 0.05) is 12.5 Å². The summed E-state index contributed by atoms with van der Waals surface area (Å²) in [5, 5.41) is 8.83. The van der Waals surface area contributed by atoms with Gasteiger partial charge < -0.3 is 9.47 Å². The molecule has 0 aliphatic heterocycles. The number of nitriles is 1. The first-order valence-electron chi connectivity index (χ1n) is 4.51. The standard InChI is InChI=1S/C12H13NO3/c1-4-7-10(9-13)12(15-8-5-2)16-11(14)6-3/h4-6H,1-3,7-8H2. The molecule has 0 amide bonds. The highest BCUT2D eigenvalue weighted by Gasteiger charge is 2.11. The molecule has 0 aliphatic carbocycles. The predicted octanol–water partition coefficient (Wildman–Crippen LogP) is 2.23. The fraction of sp³-hybridized carbons (Fsp3) is 0.167. The zero-order chi connectivity index (χ0) is 12.4. The molecule has 0 heterocycles. The summed E-state index contributed by atoms with van der Waals surface area (Å²) >= 11 is 0. The Bertz CT molecular complexity index is 361. The molecule has 4 nitrogen and oxygen atoms in total. The van der Waals surface area contributed by atoms with Gasteiger partial charge in [-0.05, 0) is 0 Å². The van der Waals surface area contributed by atoms with Crippen LogP contribution in [0.2, 0.25) is 0 Å². The minimum absolute atomic E-state index is 0.132. The number of hydrogen-bond acceptors (Lipinski definition) is 4. The van der Waals surface area contributed by atoms with Gasteiger partial charge in [-0.2, -0.15) is 5.26 Å². The van der Waals surface area contributed by atoms with E-state index >= 15 is 0 Å². The lowest BCUT2D eigenvalue weighted by molar-refractivity contribution is -0.139. The van der Waals surface area contributed by atoms with Crippen LogP contribution in [0.3, 0.4) is 0 Å². The van der Waals surface area contributed by atoms with E-state index in [0.717, 1.165) is 6.08 Å². The molecule has 0 atom stereocenters. The number of ether oxygens (including phenoxy) is 2. The number of nitrogens with zero attached hydrogens (tertiary/aromatic N) is 1. The van der Waals surface area contributed by atoms with E-state index in [-0.39, 0.29) is 24.5 Å².